The minimum atomic E-state index is -3.83. The van der Waals surface area contributed by atoms with Crippen LogP contribution in [0, 0.1) is 5.82 Å². The van der Waals surface area contributed by atoms with Crippen molar-refractivity contribution < 1.29 is 12.8 Å². The SMILES string of the molecule is NCc1ccc(NS(=O)(=O)c2cn[nH]c2)c(F)c1. The Morgan fingerprint density at radius 1 is 1.44 bits per heavy atom. The number of nitrogens with zero attached hydrogens (tertiary/aromatic N) is 1. The standard InChI is InChI=1S/C10H11FN4O2S/c11-9-3-7(4-12)1-2-10(9)15-18(16,17)8-5-13-14-6-8/h1-3,5-6,15H,4,12H2,(H,13,14). The molecule has 1 heterocycles. The Morgan fingerprint density at radius 2 is 2.22 bits per heavy atom. The number of aromatic nitrogens is 2. The van der Waals surface area contributed by atoms with Gasteiger partial charge in [-0.1, -0.05) is 6.07 Å². The fourth-order valence-corrected chi connectivity index (χ4v) is 2.33. The van der Waals surface area contributed by atoms with Crippen LogP contribution >= 0.6 is 0 Å². The van der Waals surface area contributed by atoms with E-state index in [1.165, 1.54) is 18.3 Å². The molecule has 0 unspecified atom stereocenters. The highest BCUT2D eigenvalue weighted by molar-refractivity contribution is 7.92. The van der Waals surface area contributed by atoms with Crippen LogP contribution < -0.4 is 10.5 Å². The number of hydrogen-bond donors (Lipinski definition) is 3. The lowest BCUT2D eigenvalue weighted by molar-refractivity contribution is 0.598. The van der Waals surface area contributed by atoms with Crippen LogP contribution in [0.15, 0.2) is 35.5 Å². The van der Waals surface area contributed by atoms with Gasteiger partial charge < -0.3 is 5.73 Å². The van der Waals surface area contributed by atoms with Crippen LogP contribution in [0.25, 0.3) is 0 Å². The molecule has 0 saturated carbocycles. The summed E-state index contributed by atoms with van der Waals surface area (Å²) in [6, 6.07) is 4.07. The highest BCUT2D eigenvalue weighted by Crippen LogP contribution is 2.19. The van der Waals surface area contributed by atoms with Gasteiger partial charge in [-0.15, -0.1) is 0 Å². The maximum Gasteiger partial charge on any atom is 0.265 e. The third kappa shape index (κ3) is 2.49. The molecule has 0 spiro atoms. The van der Waals surface area contributed by atoms with Crippen LogP contribution in [0.5, 0.6) is 0 Å². The van der Waals surface area contributed by atoms with E-state index in [9.17, 15) is 12.8 Å². The molecule has 4 N–H and O–H groups in total. The second kappa shape index (κ2) is 4.75. The van der Waals surface area contributed by atoms with Crippen molar-refractivity contribution in [2.45, 2.75) is 11.4 Å². The summed E-state index contributed by atoms with van der Waals surface area (Å²) < 4.78 is 39.4. The first-order valence-corrected chi connectivity index (χ1v) is 6.51. The number of anilines is 1. The van der Waals surface area contributed by atoms with Gasteiger partial charge in [-0.3, -0.25) is 9.82 Å². The highest BCUT2D eigenvalue weighted by Gasteiger charge is 2.17. The zero-order valence-corrected chi connectivity index (χ0v) is 10.0. The van der Waals surface area contributed by atoms with E-state index in [1.54, 1.807) is 6.07 Å². The predicted octanol–water partition coefficient (Wildman–Crippen LogP) is 0.808. The molecule has 0 atom stereocenters. The van der Waals surface area contributed by atoms with Crippen LogP contribution in [0.2, 0.25) is 0 Å². The molecule has 0 aliphatic carbocycles. The van der Waals surface area contributed by atoms with Crippen molar-refractivity contribution >= 4 is 15.7 Å². The van der Waals surface area contributed by atoms with Crippen molar-refractivity contribution in [1.29, 1.82) is 0 Å². The second-order valence-corrected chi connectivity index (χ2v) is 5.24. The van der Waals surface area contributed by atoms with Crippen molar-refractivity contribution in [1.82, 2.24) is 10.2 Å². The molecule has 0 saturated heterocycles. The van der Waals surface area contributed by atoms with Crippen molar-refractivity contribution in [3.8, 4) is 0 Å². The summed E-state index contributed by atoms with van der Waals surface area (Å²) >= 11 is 0. The summed E-state index contributed by atoms with van der Waals surface area (Å²) in [7, 11) is -3.83. The number of nitrogens with one attached hydrogen (secondary N) is 2. The summed E-state index contributed by atoms with van der Waals surface area (Å²) in [6.45, 7) is 0.186. The Labute approximate surface area is 103 Å². The lowest BCUT2D eigenvalue weighted by atomic mass is 10.2. The summed E-state index contributed by atoms with van der Waals surface area (Å²) in [5.41, 5.74) is 5.81. The lowest BCUT2D eigenvalue weighted by Gasteiger charge is -2.08. The summed E-state index contributed by atoms with van der Waals surface area (Å²) in [5.74, 6) is -0.676. The first-order chi connectivity index (χ1) is 8.53. The molecular formula is C10H11FN4O2S. The number of sulfonamides is 1. The topological polar surface area (TPSA) is 101 Å². The third-order valence-corrected chi connectivity index (χ3v) is 3.63. The van der Waals surface area contributed by atoms with Crippen LogP contribution in [0.4, 0.5) is 10.1 Å². The Bertz CT molecular complexity index is 640. The van der Waals surface area contributed by atoms with Crippen LogP contribution in [0.3, 0.4) is 0 Å². The molecule has 0 aliphatic heterocycles. The van der Waals surface area contributed by atoms with Gasteiger partial charge in [0.1, 0.15) is 10.7 Å². The van der Waals surface area contributed by atoms with E-state index < -0.39 is 15.8 Å². The first-order valence-electron chi connectivity index (χ1n) is 5.03. The lowest BCUT2D eigenvalue weighted by Crippen LogP contribution is -2.13. The van der Waals surface area contributed by atoms with E-state index in [-0.39, 0.29) is 17.1 Å². The Morgan fingerprint density at radius 3 is 2.78 bits per heavy atom. The number of halogens is 1. The molecule has 1 aromatic heterocycles. The van der Waals surface area contributed by atoms with Crippen molar-refractivity contribution in [3.05, 3.63) is 42.0 Å². The number of H-pyrrole nitrogens is 1. The summed E-state index contributed by atoms with van der Waals surface area (Å²) in [6.07, 6.45) is 2.34. The van der Waals surface area contributed by atoms with Gasteiger partial charge >= 0.3 is 0 Å². The van der Waals surface area contributed by atoms with Gasteiger partial charge in [0, 0.05) is 12.7 Å². The molecule has 0 fully saturated rings. The van der Waals surface area contributed by atoms with Crippen LogP contribution in [-0.4, -0.2) is 18.6 Å². The molecule has 18 heavy (non-hydrogen) atoms. The van der Waals surface area contributed by atoms with Crippen molar-refractivity contribution in [2.75, 3.05) is 4.72 Å². The summed E-state index contributed by atoms with van der Waals surface area (Å²) in [4.78, 5) is -0.0650. The number of aromatic amines is 1. The number of hydrogen-bond acceptors (Lipinski definition) is 4. The fourth-order valence-electron chi connectivity index (χ4n) is 1.36. The molecule has 0 radical (unpaired) electrons. The minimum absolute atomic E-state index is 0.0650. The molecule has 2 aromatic rings. The Balaban J connectivity index is 2.30. The Kier molecular flexibility index (Phi) is 3.30. The quantitative estimate of drug-likeness (QED) is 0.765. The van der Waals surface area contributed by atoms with Gasteiger partial charge in [-0.2, -0.15) is 5.10 Å². The summed E-state index contributed by atoms with van der Waals surface area (Å²) in [5, 5.41) is 5.90. The van der Waals surface area contributed by atoms with Gasteiger partial charge in [0.15, 0.2) is 0 Å². The van der Waals surface area contributed by atoms with Gasteiger partial charge in [0.05, 0.1) is 11.9 Å². The zero-order valence-electron chi connectivity index (χ0n) is 9.22. The molecule has 0 aliphatic rings. The second-order valence-electron chi connectivity index (χ2n) is 3.56. The van der Waals surface area contributed by atoms with Gasteiger partial charge in [-0.25, -0.2) is 12.8 Å². The largest absolute Gasteiger partial charge is 0.326 e. The van der Waals surface area contributed by atoms with Gasteiger partial charge in [-0.05, 0) is 17.7 Å². The first kappa shape index (κ1) is 12.5. The van der Waals surface area contributed by atoms with Crippen molar-refractivity contribution in [2.24, 2.45) is 5.73 Å². The third-order valence-electron chi connectivity index (χ3n) is 2.30. The molecule has 0 bridgehead atoms. The molecule has 0 amide bonds. The van der Waals surface area contributed by atoms with E-state index in [0.29, 0.717) is 5.56 Å². The van der Waals surface area contributed by atoms with Gasteiger partial charge in [0.25, 0.3) is 10.0 Å². The maximum atomic E-state index is 13.6. The normalized spacial score (nSPS) is 11.4. The molecule has 2 rings (SSSR count). The highest BCUT2D eigenvalue weighted by atomic mass is 32.2. The molecular weight excluding hydrogens is 259 g/mol. The van der Waals surface area contributed by atoms with E-state index in [0.717, 1.165) is 6.20 Å². The average molecular weight is 270 g/mol. The van der Waals surface area contributed by atoms with Crippen LogP contribution in [-0.2, 0) is 16.6 Å². The molecule has 1 aromatic carbocycles. The molecule has 8 heteroatoms. The van der Waals surface area contributed by atoms with Crippen molar-refractivity contribution in [3.63, 3.8) is 0 Å². The number of benzene rings is 1. The average Bonchev–Trinajstić information content (AvgIpc) is 2.86. The Hall–Kier alpha value is -1.93. The molecule has 96 valence electrons. The minimum Gasteiger partial charge on any atom is -0.326 e. The van der Waals surface area contributed by atoms with E-state index >= 15 is 0 Å². The van der Waals surface area contributed by atoms with Crippen LogP contribution in [0.1, 0.15) is 5.56 Å². The van der Waals surface area contributed by atoms with Gasteiger partial charge in [0.2, 0.25) is 0 Å². The van der Waals surface area contributed by atoms with E-state index in [4.69, 9.17) is 5.73 Å². The zero-order chi connectivity index (χ0) is 13.2. The fraction of sp³-hybridized carbons (Fsp3) is 0.100. The van der Waals surface area contributed by atoms with E-state index in [1.807, 2.05) is 0 Å². The predicted molar refractivity (Wildman–Crippen MR) is 63.7 cm³/mol. The van der Waals surface area contributed by atoms with E-state index in [2.05, 4.69) is 14.9 Å². The smallest absolute Gasteiger partial charge is 0.265 e. The number of rotatable bonds is 4. The maximum absolute atomic E-state index is 13.6. The number of nitrogens with two attached hydrogens (primary N) is 1. The monoisotopic (exact) mass is 270 g/mol. The molecule has 6 nitrogen and oxygen atoms in total.